The van der Waals surface area contributed by atoms with Gasteiger partial charge in [0.25, 0.3) is 0 Å². The molecule has 1 fully saturated rings. The van der Waals surface area contributed by atoms with Crippen LogP contribution in [0.3, 0.4) is 0 Å². The van der Waals surface area contributed by atoms with Crippen LogP contribution in [-0.4, -0.2) is 33.7 Å². The Labute approximate surface area is 150 Å². The molecule has 1 saturated carbocycles. The second-order valence-electron chi connectivity index (χ2n) is 6.27. The monoisotopic (exact) mass is 394 g/mol. The summed E-state index contributed by atoms with van der Waals surface area (Å²) in [5.41, 5.74) is 0.166. The van der Waals surface area contributed by atoms with Gasteiger partial charge < -0.3 is 10.1 Å². The number of amides is 1. The van der Waals surface area contributed by atoms with E-state index in [1.165, 1.54) is 32.2 Å². The van der Waals surface area contributed by atoms with Gasteiger partial charge in [-0.25, -0.2) is 13.1 Å². The summed E-state index contributed by atoms with van der Waals surface area (Å²) in [5, 5.41) is 2.46. The van der Waals surface area contributed by atoms with Gasteiger partial charge >= 0.3 is 6.18 Å². The topological polar surface area (TPSA) is 84.5 Å². The Morgan fingerprint density at radius 3 is 2.54 bits per heavy atom. The number of nitrogens with one attached hydrogen (secondary N) is 2. The van der Waals surface area contributed by atoms with Gasteiger partial charge in [-0.05, 0) is 37.5 Å². The molecule has 1 aliphatic rings. The highest BCUT2D eigenvalue weighted by molar-refractivity contribution is 7.89. The van der Waals surface area contributed by atoms with Crippen molar-refractivity contribution in [2.24, 2.45) is 5.92 Å². The minimum atomic E-state index is -4.33. The van der Waals surface area contributed by atoms with E-state index in [0.29, 0.717) is 12.8 Å². The fraction of sp³-hybridized carbons (Fsp3) is 0.562. The van der Waals surface area contributed by atoms with Crippen molar-refractivity contribution >= 4 is 21.6 Å². The zero-order valence-electron chi connectivity index (χ0n) is 14.4. The first-order valence-corrected chi connectivity index (χ1v) is 9.56. The molecule has 0 aliphatic heterocycles. The lowest BCUT2D eigenvalue weighted by atomic mass is 9.86. The molecule has 0 heterocycles. The summed E-state index contributed by atoms with van der Waals surface area (Å²) in [7, 11) is -2.67. The van der Waals surface area contributed by atoms with Gasteiger partial charge in [0.15, 0.2) is 0 Å². The van der Waals surface area contributed by atoms with Crippen LogP contribution in [0.15, 0.2) is 23.1 Å². The Balaban J connectivity index is 2.20. The number of carbonyl (C=O) groups is 1. The van der Waals surface area contributed by atoms with Crippen LogP contribution in [0.4, 0.5) is 18.9 Å². The molecule has 1 amide bonds. The van der Waals surface area contributed by atoms with Gasteiger partial charge in [0.1, 0.15) is 5.75 Å². The second kappa shape index (κ2) is 7.83. The number of rotatable bonds is 5. The number of halogens is 3. The Kier molecular flexibility index (Phi) is 6.17. The number of anilines is 1. The van der Waals surface area contributed by atoms with Crippen molar-refractivity contribution in [1.29, 1.82) is 0 Å². The molecule has 0 unspecified atom stereocenters. The number of carbonyl (C=O) groups excluding carboxylic acids is 1. The average Bonchev–Trinajstić information content (AvgIpc) is 2.53. The van der Waals surface area contributed by atoms with Gasteiger partial charge in [0.2, 0.25) is 15.9 Å². The minimum Gasteiger partial charge on any atom is -0.495 e. The molecule has 1 aliphatic carbocycles. The average molecular weight is 394 g/mol. The molecule has 2 rings (SSSR count). The Morgan fingerprint density at radius 1 is 1.27 bits per heavy atom. The number of alkyl halides is 3. The first-order valence-electron chi connectivity index (χ1n) is 8.07. The zero-order chi connectivity index (χ0) is 19.5. The maximum Gasteiger partial charge on any atom is 0.391 e. The maximum absolute atomic E-state index is 12.9. The first kappa shape index (κ1) is 20.5. The number of hydrogen-bond donors (Lipinski definition) is 2. The number of benzene rings is 1. The highest BCUT2D eigenvalue weighted by Gasteiger charge is 2.42. The SMILES string of the molecule is COc1ccc(S(=O)(=O)N[C@@H]2CCC[C@@H](C(F)(F)F)C2)cc1NC(C)=O. The lowest BCUT2D eigenvalue weighted by Crippen LogP contribution is -2.41. The van der Waals surface area contributed by atoms with Gasteiger partial charge in [-0.2, -0.15) is 13.2 Å². The first-order chi connectivity index (χ1) is 12.0. The normalized spacial score (nSPS) is 21.3. The summed E-state index contributed by atoms with van der Waals surface area (Å²) in [6.07, 6.45) is -3.95. The molecular formula is C16H21F3N2O4S. The molecule has 0 saturated heterocycles. The Bertz CT molecular complexity index is 765. The highest BCUT2D eigenvalue weighted by Crippen LogP contribution is 2.38. The van der Waals surface area contributed by atoms with E-state index in [0.717, 1.165) is 0 Å². The third-order valence-electron chi connectivity index (χ3n) is 4.25. The molecule has 0 bridgehead atoms. The minimum absolute atomic E-state index is 0.0109. The molecular weight excluding hydrogens is 373 g/mol. The Hall–Kier alpha value is -1.81. The lowest BCUT2D eigenvalue weighted by molar-refractivity contribution is -0.183. The van der Waals surface area contributed by atoms with E-state index in [1.54, 1.807) is 0 Å². The summed E-state index contributed by atoms with van der Waals surface area (Å²) in [6.45, 7) is 1.26. The van der Waals surface area contributed by atoms with E-state index in [4.69, 9.17) is 4.74 Å². The van der Waals surface area contributed by atoms with Crippen LogP contribution in [0, 0.1) is 5.92 Å². The molecule has 0 radical (unpaired) electrons. The molecule has 2 N–H and O–H groups in total. The van der Waals surface area contributed by atoms with Gasteiger partial charge in [-0.3, -0.25) is 4.79 Å². The third kappa shape index (κ3) is 5.10. The molecule has 0 spiro atoms. The zero-order valence-corrected chi connectivity index (χ0v) is 15.2. The van der Waals surface area contributed by atoms with Gasteiger partial charge in [0, 0.05) is 13.0 Å². The van der Waals surface area contributed by atoms with E-state index in [9.17, 15) is 26.4 Å². The van der Waals surface area contributed by atoms with Crippen molar-refractivity contribution in [3.63, 3.8) is 0 Å². The van der Waals surface area contributed by atoms with Crippen LogP contribution in [0.2, 0.25) is 0 Å². The van der Waals surface area contributed by atoms with E-state index < -0.39 is 34.1 Å². The van der Waals surface area contributed by atoms with Crippen LogP contribution >= 0.6 is 0 Å². The molecule has 146 valence electrons. The quantitative estimate of drug-likeness (QED) is 0.804. The van der Waals surface area contributed by atoms with E-state index >= 15 is 0 Å². The summed E-state index contributed by atoms with van der Waals surface area (Å²) in [6, 6.07) is 3.08. The summed E-state index contributed by atoms with van der Waals surface area (Å²) in [5.74, 6) is -1.64. The van der Waals surface area contributed by atoms with Gasteiger partial charge in [-0.1, -0.05) is 6.42 Å². The summed E-state index contributed by atoms with van der Waals surface area (Å²) < 4.78 is 71.2. The van der Waals surface area contributed by atoms with Crippen molar-refractivity contribution in [2.75, 3.05) is 12.4 Å². The number of sulfonamides is 1. The number of methoxy groups -OCH3 is 1. The van der Waals surface area contributed by atoms with Crippen molar-refractivity contribution in [2.45, 2.75) is 49.7 Å². The van der Waals surface area contributed by atoms with Crippen LogP contribution < -0.4 is 14.8 Å². The summed E-state index contributed by atoms with van der Waals surface area (Å²) in [4.78, 5) is 11.1. The molecule has 26 heavy (non-hydrogen) atoms. The van der Waals surface area contributed by atoms with Crippen molar-refractivity contribution in [3.05, 3.63) is 18.2 Å². The largest absolute Gasteiger partial charge is 0.495 e. The standard InChI is InChI=1S/C16H21F3N2O4S/c1-10(22)20-14-9-13(6-7-15(14)25-2)26(23,24)21-12-5-3-4-11(8-12)16(17,18)19/h6-7,9,11-12,21H,3-5,8H2,1-2H3,(H,20,22)/t11-,12-/m1/s1. The predicted molar refractivity (Wildman–Crippen MR) is 89.4 cm³/mol. The molecule has 10 heteroatoms. The van der Waals surface area contributed by atoms with E-state index in [2.05, 4.69) is 10.0 Å². The van der Waals surface area contributed by atoms with Gasteiger partial charge in [0.05, 0.1) is 23.6 Å². The summed E-state index contributed by atoms with van der Waals surface area (Å²) >= 11 is 0. The fourth-order valence-corrected chi connectivity index (χ4v) is 4.33. The highest BCUT2D eigenvalue weighted by atomic mass is 32.2. The van der Waals surface area contributed by atoms with Crippen LogP contribution in [-0.2, 0) is 14.8 Å². The molecule has 2 atom stereocenters. The van der Waals surface area contributed by atoms with Crippen molar-refractivity contribution in [3.8, 4) is 5.75 Å². The molecule has 6 nitrogen and oxygen atoms in total. The van der Waals surface area contributed by atoms with Crippen LogP contribution in [0.1, 0.15) is 32.6 Å². The molecule has 0 aromatic heterocycles. The molecule has 1 aromatic rings. The number of hydrogen-bond acceptors (Lipinski definition) is 4. The van der Waals surface area contributed by atoms with Gasteiger partial charge in [-0.15, -0.1) is 0 Å². The number of ether oxygens (including phenoxy) is 1. The fourth-order valence-electron chi connectivity index (χ4n) is 3.02. The predicted octanol–water partition coefficient (Wildman–Crippen LogP) is 3.05. The molecule has 1 aromatic carbocycles. The van der Waals surface area contributed by atoms with E-state index in [1.807, 2.05) is 0 Å². The third-order valence-corrected chi connectivity index (χ3v) is 5.77. The second-order valence-corrected chi connectivity index (χ2v) is 7.98. The lowest BCUT2D eigenvalue weighted by Gasteiger charge is -2.30. The van der Waals surface area contributed by atoms with Crippen molar-refractivity contribution < 1.29 is 31.1 Å². The van der Waals surface area contributed by atoms with E-state index in [-0.39, 0.29) is 29.2 Å². The smallest absolute Gasteiger partial charge is 0.391 e. The Morgan fingerprint density at radius 2 is 1.96 bits per heavy atom. The van der Waals surface area contributed by atoms with Crippen LogP contribution in [0.25, 0.3) is 0 Å². The van der Waals surface area contributed by atoms with Crippen molar-refractivity contribution in [1.82, 2.24) is 4.72 Å². The maximum atomic E-state index is 12.9. The van der Waals surface area contributed by atoms with Crippen LogP contribution in [0.5, 0.6) is 5.75 Å².